The van der Waals surface area contributed by atoms with Crippen molar-refractivity contribution in [3.05, 3.63) is 12.2 Å². The average Bonchev–Trinajstić information content (AvgIpc) is 2.14. The molecule has 0 amide bonds. The van der Waals surface area contributed by atoms with Gasteiger partial charge in [-0.1, -0.05) is 9.05 Å². The summed E-state index contributed by atoms with van der Waals surface area (Å²) < 4.78 is 20.5. The highest BCUT2D eigenvalue weighted by molar-refractivity contribution is 6.33. The number of halogens is 2. The fraction of sp³-hybridized carbons (Fsp3) is 0. The Bertz CT molecular complexity index is 188. The molecule has 0 aliphatic rings. The van der Waals surface area contributed by atoms with Gasteiger partial charge in [-0.2, -0.15) is 9.72 Å². The van der Waals surface area contributed by atoms with E-state index in [0.717, 1.165) is 0 Å². The Labute approximate surface area is 76.1 Å². The smallest absolute Gasteiger partial charge is 0.478 e. The van der Waals surface area contributed by atoms with Gasteiger partial charge in [0.05, 0.1) is 0 Å². The van der Waals surface area contributed by atoms with Gasteiger partial charge in [-0.3, -0.25) is 0 Å². The van der Waals surface area contributed by atoms with Crippen molar-refractivity contribution in [3.8, 4) is 0 Å². The number of carbonyl (C=O) groups is 2. The largest absolute Gasteiger partial charge is 0.702 e. The predicted octanol–water partition coefficient (Wildman–Crippen LogP) is -0.522. The second-order valence-electron chi connectivity index (χ2n) is 1.50. The summed E-state index contributed by atoms with van der Waals surface area (Å²) in [5, 5.41) is 23.1. The molecule has 0 fully saturated rings. The molecule has 0 aromatic carbocycles. The number of carboxylic acid groups (broad SMARTS) is 2. The maximum absolute atomic E-state index is 10.3. The predicted molar refractivity (Wildman–Crippen MR) is 36.8 cm³/mol. The van der Waals surface area contributed by atoms with Gasteiger partial charge in [0.2, 0.25) is 0 Å². The molecule has 0 unspecified atom stereocenters. The molecule has 80 valence electrons. The highest BCUT2D eigenvalue weighted by atomic mass is 19.3. The normalized spacial score (nSPS) is 9.07. The van der Waals surface area contributed by atoms with Crippen LogP contribution in [0.4, 0.5) is 9.05 Å². The Balaban J connectivity index is 0. The Kier molecular flexibility index (Phi) is 10.2. The van der Waals surface area contributed by atoms with E-state index < -0.39 is 19.3 Å². The second kappa shape index (κ2) is 9.57. The van der Waals surface area contributed by atoms with Crippen molar-refractivity contribution in [2.45, 2.75) is 0 Å². The summed E-state index contributed by atoms with van der Waals surface area (Å²) >= 11 is 0. The van der Waals surface area contributed by atoms with E-state index in [1.807, 2.05) is 0 Å². The van der Waals surface area contributed by atoms with Crippen LogP contribution in [0.25, 0.3) is 0 Å². The van der Waals surface area contributed by atoms with Crippen LogP contribution in [0.15, 0.2) is 12.2 Å². The van der Waals surface area contributed by atoms with E-state index in [9.17, 15) is 18.6 Å². The molecule has 14 heavy (non-hydrogen) atoms. The Morgan fingerprint density at radius 2 is 1.36 bits per heavy atom. The first-order chi connectivity index (χ1) is 6.43. The van der Waals surface area contributed by atoms with Gasteiger partial charge >= 0.3 is 19.3 Å². The van der Waals surface area contributed by atoms with E-state index in [1.54, 1.807) is 0 Å². The van der Waals surface area contributed by atoms with Gasteiger partial charge < -0.3 is 15.2 Å². The molecule has 3 N–H and O–H groups in total. The average molecular weight is 214 g/mol. The Morgan fingerprint density at radius 1 is 1.07 bits per heavy atom. The number of aliphatic carboxylic acids is 2. The van der Waals surface area contributed by atoms with Crippen LogP contribution in [0.3, 0.4) is 0 Å². The quantitative estimate of drug-likeness (QED) is 0.425. The van der Waals surface area contributed by atoms with Crippen molar-refractivity contribution >= 4 is 19.3 Å². The molecule has 0 rings (SSSR count). The van der Waals surface area contributed by atoms with Gasteiger partial charge in [0.25, 0.3) is 0 Å². The Hall–Kier alpha value is -1.52. The first-order valence-electron chi connectivity index (χ1n) is 2.80. The van der Waals surface area contributed by atoms with E-state index in [2.05, 4.69) is 9.72 Å². The molecule has 0 saturated heterocycles. The molecule has 10 heteroatoms. The first kappa shape index (κ1) is 15.0. The lowest BCUT2D eigenvalue weighted by Crippen LogP contribution is -2.13. The van der Waals surface area contributed by atoms with Crippen LogP contribution in [-0.4, -0.2) is 34.5 Å². The number of hydrogen-bond donors (Lipinski definition) is 3. The summed E-state index contributed by atoms with van der Waals surface area (Å²) in [5.41, 5.74) is 0. The molecule has 0 atom stereocenters. The molecular weight excluding hydrogens is 209 g/mol. The lowest BCUT2D eigenvalue weighted by atomic mass is 10.3. The van der Waals surface area contributed by atoms with Crippen LogP contribution in [0, 0.1) is 0 Å². The molecule has 0 heterocycles. The maximum Gasteiger partial charge on any atom is 0.702 e. The van der Waals surface area contributed by atoms with Gasteiger partial charge in [-0.25, -0.2) is 9.59 Å². The lowest BCUT2D eigenvalue weighted by molar-refractivity contribution is -0.134. The number of rotatable bonds is 4. The van der Waals surface area contributed by atoms with Crippen LogP contribution < -0.4 is 0 Å². The molecule has 0 aromatic rings. The highest BCUT2D eigenvalue weighted by Gasteiger charge is 2.15. The van der Waals surface area contributed by atoms with E-state index in [-0.39, 0.29) is 0 Å². The molecule has 7 nitrogen and oxygen atoms in total. The molecule has 0 spiro atoms. The molecule has 0 aliphatic heterocycles. The molecule has 0 aliphatic carbocycles. The third-order valence-electron chi connectivity index (χ3n) is 0.521. The topological polar surface area (TPSA) is 113 Å². The van der Waals surface area contributed by atoms with Crippen LogP contribution in [0.1, 0.15) is 0 Å². The van der Waals surface area contributed by atoms with E-state index >= 15 is 0 Å². The van der Waals surface area contributed by atoms with E-state index in [4.69, 9.17) is 15.2 Å². The minimum absolute atomic E-state index is 0.558. The van der Waals surface area contributed by atoms with Gasteiger partial charge in [-0.05, 0) is 0 Å². The molecular formula is C4H5BF2O7. The standard InChI is InChI=1S/C4H4O4.BF2HO3/c5-3(6)1-2-4(7)8;2-5-1(4)6-3/h1-2H,(H,5,6)(H,7,8);4H/b2-1-;. The van der Waals surface area contributed by atoms with Crippen LogP contribution >= 0.6 is 0 Å². The van der Waals surface area contributed by atoms with Crippen molar-refractivity contribution in [1.29, 1.82) is 0 Å². The monoisotopic (exact) mass is 214 g/mol. The zero-order valence-electron chi connectivity index (χ0n) is 6.46. The van der Waals surface area contributed by atoms with E-state index in [0.29, 0.717) is 12.2 Å². The molecule has 0 bridgehead atoms. The maximum atomic E-state index is 10.3. The summed E-state index contributed by atoms with van der Waals surface area (Å²) in [4.78, 5) is 23.8. The van der Waals surface area contributed by atoms with Gasteiger partial charge in [0.15, 0.2) is 0 Å². The zero-order chi connectivity index (χ0) is 11.6. The van der Waals surface area contributed by atoms with Crippen LogP contribution in [-0.2, 0) is 19.3 Å². The minimum Gasteiger partial charge on any atom is -0.478 e. The number of carboxylic acids is 2. The molecule has 0 saturated carbocycles. The van der Waals surface area contributed by atoms with Crippen molar-refractivity contribution in [3.63, 3.8) is 0 Å². The van der Waals surface area contributed by atoms with Gasteiger partial charge in [0, 0.05) is 12.2 Å². The fourth-order valence-corrected chi connectivity index (χ4v) is 0.156. The lowest BCUT2D eigenvalue weighted by Gasteiger charge is -1.83. The third-order valence-corrected chi connectivity index (χ3v) is 0.521. The van der Waals surface area contributed by atoms with Gasteiger partial charge in [-0.15, -0.1) is 0 Å². The summed E-state index contributed by atoms with van der Waals surface area (Å²) in [5.74, 6) is -2.51. The van der Waals surface area contributed by atoms with E-state index in [1.165, 1.54) is 0 Å². The number of hydrogen-bond acceptors (Lipinski definition) is 5. The zero-order valence-corrected chi connectivity index (χ0v) is 6.46. The van der Waals surface area contributed by atoms with Crippen molar-refractivity contribution in [1.82, 2.24) is 0 Å². The van der Waals surface area contributed by atoms with Gasteiger partial charge in [0.1, 0.15) is 0 Å². The highest BCUT2D eigenvalue weighted by Crippen LogP contribution is 1.82. The van der Waals surface area contributed by atoms with Crippen molar-refractivity contribution < 1.29 is 43.6 Å². The third kappa shape index (κ3) is 16.8. The summed E-state index contributed by atoms with van der Waals surface area (Å²) in [7, 11) is -2.40. The first-order valence-corrected chi connectivity index (χ1v) is 2.80. The minimum atomic E-state index is -2.40. The second-order valence-corrected chi connectivity index (χ2v) is 1.50. The van der Waals surface area contributed by atoms with Crippen molar-refractivity contribution in [2.75, 3.05) is 0 Å². The summed E-state index contributed by atoms with van der Waals surface area (Å²) in [6.45, 7) is 0. The fourth-order valence-electron chi connectivity index (χ4n) is 0.156. The van der Waals surface area contributed by atoms with Crippen molar-refractivity contribution in [2.24, 2.45) is 0 Å². The molecule has 0 radical (unpaired) electrons. The van der Waals surface area contributed by atoms with Crippen LogP contribution in [0.2, 0.25) is 0 Å². The molecule has 0 aromatic heterocycles. The summed E-state index contributed by atoms with van der Waals surface area (Å²) in [6, 6.07) is 0. The Morgan fingerprint density at radius 3 is 1.43 bits per heavy atom. The van der Waals surface area contributed by atoms with Crippen LogP contribution in [0.5, 0.6) is 0 Å². The summed E-state index contributed by atoms with van der Waals surface area (Å²) in [6.07, 6.45) is 1.12. The SMILES string of the molecule is O=C(O)/C=C\C(=O)O.OB(OF)OF.